The van der Waals surface area contributed by atoms with Crippen LogP contribution < -0.4 is 7.22 Å². The zero-order valence-electron chi connectivity index (χ0n) is 13.1. The molecular weight excluding hydrogens is 408 g/mol. The molecule has 4 nitrogen and oxygen atoms in total. The molecule has 0 saturated heterocycles. The molecule has 0 bridgehead atoms. The molecule has 0 aliphatic carbocycles. The monoisotopic (exact) mass is 428 g/mol. The maximum absolute atomic E-state index is 12.1. The molecule has 0 atom stereocenters. The molecule has 23 heavy (non-hydrogen) atoms. The minimum absolute atomic E-state index is 0.318. The van der Waals surface area contributed by atoms with E-state index < -0.39 is 20.9 Å². The van der Waals surface area contributed by atoms with Crippen LogP contribution in [0.2, 0.25) is 0 Å². The summed E-state index contributed by atoms with van der Waals surface area (Å²) in [5.74, 6) is -0.636. The van der Waals surface area contributed by atoms with E-state index in [2.05, 4.69) is 0 Å². The van der Waals surface area contributed by atoms with Gasteiger partial charge in [0.1, 0.15) is 0 Å². The molecule has 0 aromatic heterocycles. The van der Waals surface area contributed by atoms with Crippen molar-refractivity contribution in [3.8, 4) is 0 Å². The summed E-state index contributed by atoms with van der Waals surface area (Å²) in [4.78, 5) is 24.2. The quantitative estimate of drug-likeness (QED) is 0.522. The summed E-state index contributed by atoms with van der Waals surface area (Å²) in [6, 6.07) is 14.8. The van der Waals surface area contributed by atoms with Crippen LogP contribution in [0.1, 0.15) is 34.6 Å². The second-order valence-corrected chi connectivity index (χ2v) is 7.63. The van der Waals surface area contributed by atoms with Crippen molar-refractivity contribution < 1.29 is 19.1 Å². The van der Waals surface area contributed by atoms with Crippen LogP contribution in [-0.4, -0.2) is 46.1 Å². The first-order chi connectivity index (χ1) is 11.2. The van der Waals surface area contributed by atoms with E-state index in [1.54, 1.807) is 26.0 Å². The SMILES string of the molecule is CCOC(=O)c1ccccc1[Te]c1ccccc1C(=O)OCC. The Labute approximate surface area is 145 Å². The summed E-state index contributed by atoms with van der Waals surface area (Å²) in [7, 11) is 0. The van der Waals surface area contributed by atoms with Gasteiger partial charge in [0, 0.05) is 0 Å². The Bertz CT molecular complexity index is 637. The number of hydrogen-bond donors (Lipinski definition) is 0. The molecule has 0 amide bonds. The summed E-state index contributed by atoms with van der Waals surface area (Å²) in [6.07, 6.45) is 0. The fraction of sp³-hybridized carbons (Fsp3) is 0.222. The van der Waals surface area contributed by atoms with Crippen LogP contribution in [0.4, 0.5) is 0 Å². The number of carbonyl (C=O) groups is 2. The van der Waals surface area contributed by atoms with Crippen molar-refractivity contribution in [1.82, 2.24) is 0 Å². The van der Waals surface area contributed by atoms with Crippen LogP contribution in [0.25, 0.3) is 0 Å². The predicted octanol–water partition coefficient (Wildman–Crippen LogP) is 1.70. The Kier molecular flexibility index (Phi) is 6.64. The molecule has 0 N–H and O–H groups in total. The van der Waals surface area contributed by atoms with Crippen molar-refractivity contribution >= 4 is 40.1 Å². The standard InChI is InChI=1S/C18H18O4Te/c1-3-21-17(19)13-9-5-7-11-15(13)23-16-12-8-6-10-14(16)18(20)22-4-2/h5-12H,3-4H2,1-2H3. The molecule has 2 rings (SSSR count). The van der Waals surface area contributed by atoms with Crippen LogP contribution in [0, 0.1) is 0 Å². The topological polar surface area (TPSA) is 52.6 Å². The number of carbonyl (C=O) groups excluding carboxylic acids is 2. The van der Waals surface area contributed by atoms with E-state index in [0.717, 1.165) is 7.22 Å². The average molecular weight is 426 g/mol. The van der Waals surface area contributed by atoms with Gasteiger partial charge in [0.15, 0.2) is 0 Å². The maximum atomic E-state index is 12.1. The Balaban J connectivity index is 2.33. The van der Waals surface area contributed by atoms with Crippen molar-refractivity contribution in [2.75, 3.05) is 13.2 Å². The molecule has 0 aliphatic rings. The van der Waals surface area contributed by atoms with E-state index in [-0.39, 0.29) is 11.9 Å². The van der Waals surface area contributed by atoms with E-state index in [0.29, 0.717) is 24.3 Å². The molecule has 0 aliphatic heterocycles. The molecule has 5 heteroatoms. The molecule has 0 fully saturated rings. The second-order valence-electron chi connectivity index (χ2n) is 4.54. The number of hydrogen-bond acceptors (Lipinski definition) is 4. The Hall–Kier alpha value is -1.83. The number of benzene rings is 2. The zero-order valence-corrected chi connectivity index (χ0v) is 15.4. The summed E-state index contributed by atoms with van der Waals surface area (Å²) in [5.41, 5.74) is 1.16. The molecule has 0 radical (unpaired) electrons. The minimum atomic E-state index is -0.919. The van der Waals surface area contributed by atoms with E-state index in [1.807, 2.05) is 36.4 Å². The van der Waals surface area contributed by atoms with E-state index >= 15 is 0 Å². The van der Waals surface area contributed by atoms with Crippen LogP contribution in [0.5, 0.6) is 0 Å². The first kappa shape index (κ1) is 17.5. The summed E-state index contributed by atoms with van der Waals surface area (Å²) < 4.78 is 12.1. The average Bonchev–Trinajstić information content (AvgIpc) is 2.56. The number of rotatable bonds is 6. The molecule has 2 aromatic rings. The van der Waals surface area contributed by atoms with Crippen molar-refractivity contribution in [2.24, 2.45) is 0 Å². The molecular formula is C18H18O4Te. The fourth-order valence-corrected chi connectivity index (χ4v) is 4.99. The van der Waals surface area contributed by atoms with Gasteiger partial charge in [0.25, 0.3) is 0 Å². The van der Waals surface area contributed by atoms with Crippen LogP contribution in [-0.2, 0) is 9.47 Å². The van der Waals surface area contributed by atoms with Gasteiger partial charge >= 0.3 is 146 Å². The van der Waals surface area contributed by atoms with Gasteiger partial charge in [-0.2, -0.15) is 0 Å². The molecule has 120 valence electrons. The third-order valence-electron chi connectivity index (χ3n) is 2.98. The van der Waals surface area contributed by atoms with Crippen molar-refractivity contribution in [3.63, 3.8) is 0 Å². The summed E-state index contributed by atoms with van der Waals surface area (Å²) >= 11 is -0.919. The van der Waals surface area contributed by atoms with Gasteiger partial charge in [-0.05, 0) is 0 Å². The normalized spacial score (nSPS) is 10.2. The summed E-state index contributed by atoms with van der Waals surface area (Å²) in [5, 5.41) is 0. The first-order valence-corrected chi connectivity index (χ1v) is 9.70. The fourth-order valence-electron chi connectivity index (χ4n) is 1.98. The van der Waals surface area contributed by atoms with E-state index in [1.165, 1.54) is 0 Å². The number of ether oxygens (including phenoxy) is 2. The van der Waals surface area contributed by atoms with Crippen LogP contribution in [0.15, 0.2) is 48.5 Å². The van der Waals surface area contributed by atoms with Crippen molar-refractivity contribution in [3.05, 3.63) is 59.7 Å². The first-order valence-electron chi connectivity index (χ1n) is 7.37. The predicted molar refractivity (Wildman–Crippen MR) is 89.8 cm³/mol. The van der Waals surface area contributed by atoms with E-state index in [9.17, 15) is 9.59 Å². The van der Waals surface area contributed by atoms with Gasteiger partial charge in [0.05, 0.1) is 0 Å². The van der Waals surface area contributed by atoms with Gasteiger partial charge in [-0.15, -0.1) is 0 Å². The van der Waals surface area contributed by atoms with Gasteiger partial charge in [-0.1, -0.05) is 0 Å². The van der Waals surface area contributed by atoms with Crippen molar-refractivity contribution in [1.29, 1.82) is 0 Å². The Morgan fingerprint density at radius 1 is 0.783 bits per heavy atom. The molecule has 2 aromatic carbocycles. The van der Waals surface area contributed by atoms with Crippen LogP contribution in [0.3, 0.4) is 0 Å². The third-order valence-corrected chi connectivity index (χ3v) is 6.27. The van der Waals surface area contributed by atoms with Crippen molar-refractivity contribution in [2.45, 2.75) is 13.8 Å². The second kappa shape index (κ2) is 8.71. The van der Waals surface area contributed by atoms with Gasteiger partial charge < -0.3 is 0 Å². The Morgan fingerprint density at radius 2 is 1.17 bits per heavy atom. The van der Waals surface area contributed by atoms with Gasteiger partial charge in [-0.3, -0.25) is 0 Å². The third kappa shape index (κ3) is 4.57. The Morgan fingerprint density at radius 3 is 1.57 bits per heavy atom. The molecule has 0 heterocycles. The van der Waals surface area contributed by atoms with Gasteiger partial charge in [-0.25, -0.2) is 0 Å². The number of esters is 2. The molecule has 0 saturated carbocycles. The molecule has 0 unspecified atom stereocenters. The summed E-state index contributed by atoms with van der Waals surface area (Å²) in [6.45, 7) is 4.25. The van der Waals surface area contributed by atoms with Crippen LogP contribution >= 0.6 is 0 Å². The molecule has 0 spiro atoms. The van der Waals surface area contributed by atoms with Gasteiger partial charge in [0.2, 0.25) is 0 Å². The zero-order chi connectivity index (χ0) is 16.7. The van der Waals surface area contributed by atoms with E-state index in [4.69, 9.17) is 9.47 Å².